The summed E-state index contributed by atoms with van der Waals surface area (Å²) in [5.74, 6) is 1.05. The molecule has 0 amide bonds. The molecule has 1 saturated heterocycles. The second kappa shape index (κ2) is 5.92. The van der Waals surface area contributed by atoms with E-state index in [0.717, 1.165) is 12.0 Å². The van der Waals surface area contributed by atoms with E-state index in [1.54, 1.807) is 0 Å². The summed E-state index contributed by atoms with van der Waals surface area (Å²) in [7, 11) is 0. The lowest BCUT2D eigenvalue weighted by Crippen LogP contribution is -2.65. The first-order chi connectivity index (χ1) is 8.64. The molecular weight excluding hydrogens is 220 g/mol. The van der Waals surface area contributed by atoms with Crippen molar-refractivity contribution in [3.05, 3.63) is 0 Å². The molecule has 0 bridgehead atoms. The molecule has 1 aliphatic carbocycles. The Balaban J connectivity index is 2.02. The van der Waals surface area contributed by atoms with Crippen molar-refractivity contribution < 1.29 is 0 Å². The van der Waals surface area contributed by atoms with Crippen LogP contribution in [0.5, 0.6) is 0 Å². The van der Waals surface area contributed by atoms with Crippen molar-refractivity contribution in [1.82, 2.24) is 10.2 Å². The van der Waals surface area contributed by atoms with Gasteiger partial charge in [0.15, 0.2) is 0 Å². The average Bonchev–Trinajstić information content (AvgIpc) is 3.21. The van der Waals surface area contributed by atoms with Crippen molar-refractivity contribution in [2.75, 3.05) is 13.1 Å². The van der Waals surface area contributed by atoms with Crippen molar-refractivity contribution >= 4 is 0 Å². The van der Waals surface area contributed by atoms with Crippen LogP contribution in [0.1, 0.15) is 66.2 Å². The van der Waals surface area contributed by atoms with Crippen LogP contribution in [0.4, 0.5) is 0 Å². The monoisotopic (exact) mass is 252 g/mol. The van der Waals surface area contributed by atoms with Gasteiger partial charge in [0, 0.05) is 30.7 Å². The van der Waals surface area contributed by atoms with Crippen LogP contribution in [0.2, 0.25) is 0 Å². The van der Waals surface area contributed by atoms with E-state index in [1.165, 1.54) is 51.6 Å². The second-order valence-electron chi connectivity index (χ2n) is 6.63. The van der Waals surface area contributed by atoms with Gasteiger partial charge in [-0.2, -0.15) is 0 Å². The van der Waals surface area contributed by atoms with Crippen LogP contribution < -0.4 is 5.32 Å². The maximum absolute atomic E-state index is 3.82. The first-order valence-corrected chi connectivity index (χ1v) is 8.14. The normalized spacial score (nSPS) is 30.3. The van der Waals surface area contributed by atoms with E-state index in [-0.39, 0.29) is 0 Å². The molecule has 0 aromatic heterocycles. The predicted octanol–water partition coefficient (Wildman–Crippen LogP) is 3.42. The molecule has 2 unspecified atom stereocenters. The average molecular weight is 252 g/mol. The zero-order chi connectivity index (χ0) is 13.2. The standard InChI is InChI=1S/C16H32N2/c1-5-15(10-14-8-9-14)18-12-16(6-2,7-3)17-11-13(18)4/h13-15,17H,5-12H2,1-4H3. The fourth-order valence-electron chi connectivity index (χ4n) is 3.53. The van der Waals surface area contributed by atoms with Gasteiger partial charge in [-0.05, 0) is 38.5 Å². The van der Waals surface area contributed by atoms with Gasteiger partial charge in [0.25, 0.3) is 0 Å². The van der Waals surface area contributed by atoms with Gasteiger partial charge in [-0.25, -0.2) is 0 Å². The van der Waals surface area contributed by atoms with Gasteiger partial charge in [-0.15, -0.1) is 0 Å². The number of nitrogens with one attached hydrogen (secondary N) is 1. The minimum Gasteiger partial charge on any atom is -0.308 e. The highest BCUT2D eigenvalue weighted by Crippen LogP contribution is 2.37. The highest BCUT2D eigenvalue weighted by molar-refractivity contribution is 4.98. The summed E-state index contributed by atoms with van der Waals surface area (Å²) in [5.41, 5.74) is 0.378. The fraction of sp³-hybridized carbons (Fsp3) is 1.00. The Bertz CT molecular complexity index is 256. The SMILES string of the molecule is CCC(CC1CC1)N1CC(CC)(CC)NCC1C. The van der Waals surface area contributed by atoms with Crippen LogP contribution in [0, 0.1) is 5.92 Å². The molecular formula is C16H32N2. The van der Waals surface area contributed by atoms with Crippen molar-refractivity contribution in [3.63, 3.8) is 0 Å². The van der Waals surface area contributed by atoms with Crippen LogP contribution >= 0.6 is 0 Å². The molecule has 18 heavy (non-hydrogen) atoms. The molecule has 106 valence electrons. The Morgan fingerprint density at radius 3 is 2.39 bits per heavy atom. The van der Waals surface area contributed by atoms with Gasteiger partial charge in [0.2, 0.25) is 0 Å². The van der Waals surface area contributed by atoms with Crippen LogP contribution in [-0.2, 0) is 0 Å². The number of hydrogen-bond donors (Lipinski definition) is 1. The van der Waals surface area contributed by atoms with Crippen molar-refractivity contribution in [1.29, 1.82) is 0 Å². The van der Waals surface area contributed by atoms with E-state index in [2.05, 4.69) is 37.9 Å². The van der Waals surface area contributed by atoms with Gasteiger partial charge in [-0.1, -0.05) is 33.6 Å². The van der Waals surface area contributed by atoms with Gasteiger partial charge in [0.05, 0.1) is 0 Å². The molecule has 0 aromatic rings. The third kappa shape index (κ3) is 3.08. The molecule has 2 atom stereocenters. The molecule has 2 nitrogen and oxygen atoms in total. The topological polar surface area (TPSA) is 15.3 Å². The maximum Gasteiger partial charge on any atom is 0.0304 e. The molecule has 2 fully saturated rings. The lowest BCUT2D eigenvalue weighted by molar-refractivity contribution is 0.0373. The highest BCUT2D eigenvalue weighted by Gasteiger charge is 2.38. The number of nitrogens with zero attached hydrogens (tertiary/aromatic N) is 1. The van der Waals surface area contributed by atoms with E-state index in [0.29, 0.717) is 11.6 Å². The zero-order valence-electron chi connectivity index (χ0n) is 12.8. The minimum absolute atomic E-state index is 0.378. The van der Waals surface area contributed by atoms with Gasteiger partial charge in [0.1, 0.15) is 0 Å². The summed E-state index contributed by atoms with van der Waals surface area (Å²) in [5, 5.41) is 3.82. The molecule has 0 radical (unpaired) electrons. The third-order valence-corrected chi connectivity index (χ3v) is 5.42. The zero-order valence-corrected chi connectivity index (χ0v) is 12.8. The number of rotatable bonds is 6. The lowest BCUT2D eigenvalue weighted by Gasteiger charge is -2.49. The first kappa shape index (κ1) is 14.3. The molecule has 1 saturated carbocycles. The molecule has 0 aromatic carbocycles. The smallest absolute Gasteiger partial charge is 0.0304 e. The largest absolute Gasteiger partial charge is 0.308 e. The predicted molar refractivity (Wildman–Crippen MR) is 78.9 cm³/mol. The second-order valence-corrected chi connectivity index (χ2v) is 6.63. The lowest BCUT2D eigenvalue weighted by atomic mass is 9.87. The van der Waals surface area contributed by atoms with Crippen LogP contribution in [-0.4, -0.2) is 35.6 Å². The van der Waals surface area contributed by atoms with E-state index >= 15 is 0 Å². The first-order valence-electron chi connectivity index (χ1n) is 8.14. The van der Waals surface area contributed by atoms with E-state index in [1.807, 2.05) is 0 Å². The molecule has 2 aliphatic rings. The van der Waals surface area contributed by atoms with Crippen molar-refractivity contribution in [2.24, 2.45) is 5.92 Å². The number of piperazine rings is 1. The van der Waals surface area contributed by atoms with E-state index in [4.69, 9.17) is 0 Å². The Hall–Kier alpha value is -0.0800. The quantitative estimate of drug-likeness (QED) is 0.779. The maximum atomic E-state index is 3.82. The molecule has 1 heterocycles. The van der Waals surface area contributed by atoms with Gasteiger partial charge in [-0.3, -0.25) is 4.90 Å². The Kier molecular flexibility index (Phi) is 4.71. The van der Waals surface area contributed by atoms with E-state index < -0.39 is 0 Å². The van der Waals surface area contributed by atoms with Gasteiger partial charge < -0.3 is 5.32 Å². The summed E-state index contributed by atoms with van der Waals surface area (Å²) in [6.45, 7) is 11.9. The molecule has 0 spiro atoms. The third-order valence-electron chi connectivity index (χ3n) is 5.42. The highest BCUT2D eigenvalue weighted by atomic mass is 15.3. The fourth-order valence-corrected chi connectivity index (χ4v) is 3.53. The Labute approximate surface area is 114 Å². The summed E-state index contributed by atoms with van der Waals surface area (Å²) < 4.78 is 0. The van der Waals surface area contributed by atoms with Crippen LogP contribution in [0.3, 0.4) is 0 Å². The minimum atomic E-state index is 0.378. The molecule has 2 heteroatoms. The Morgan fingerprint density at radius 1 is 1.22 bits per heavy atom. The molecule has 1 aliphatic heterocycles. The summed E-state index contributed by atoms with van der Waals surface area (Å²) in [6.07, 6.45) is 8.27. The summed E-state index contributed by atoms with van der Waals surface area (Å²) in [6, 6.07) is 1.53. The number of hydrogen-bond acceptors (Lipinski definition) is 2. The Morgan fingerprint density at radius 2 is 1.89 bits per heavy atom. The summed E-state index contributed by atoms with van der Waals surface area (Å²) in [4.78, 5) is 2.82. The molecule has 2 rings (SSSR count). The molecule has 1 N–H and O–H groups in total. The summed E-state index contributed by atoms with van der Waals surface area (Å²) >= 11 is 0. The van der Waals surface area contributed by atoms with Crippen molar-refractivity contribution in [2.45, 2.75) is 83.8 Å². The van der Waals surface area contributed by atoms with Crippen LogP contribution in [0.15, 0.2) is 0 Å². The van der Waals surface area contributed by atoms with Crippen LogP contribution in [0.25, 0.3) is 0 Å². The van der Waals surface area contributed by atoms with Crippen molar-refractivity contribution in [3.8, 4) is 0 Å². The van der Waals surface area contributed by atoms with E-state index in [9.17, 15) is 0 Å². The van der Waals surface area contributed by atoms with Gasteiger partial charge >= 0.3 is 0 Å².